The van der Waals surface area contributed by atoms with Crippen LogP contribution in [-0.2, 0) is 11.0 Å². The molecule has 1 atom stereocenters. The molecule has 8 nitrogen and oxygen atoms in total. The number of nitrogens with one attached hydrogen (secondary N) is 1. The normalized spacial score (nSPS) is 18.5. The van der Waals surface area contributed by atoms with Crippen LogP contribution in [0, 0.1) is 5.92 Å². The molecule has 39 heavy (non-hydrogen) atoms. The Kier molecular flexibility index (Phi) is 7.67. The Morgan fingerprint density at radius 3 is 2.13 bits per heavy atom. The molecule has 3 aliphatic heterocycles. The minimum Gasteiger partial charge on any atom is -0.454 e. The van der Waals surface area contributed by atoms with Gasteiger partial charge >= 0.3 is 6.18 Å². The molecule has 0 radical (unpaired) electrons. The molecule has 2 saturated heterocycles. The van der Waals surface area contributed by atoms with E-state index < -0.39 is 23.7 Å². The standard InChI is InChI=1S/C28H30F3N3O5/c29-28(30,31)21-7-4-19(5-8-21)26(36)34-14-10-18(11-15-34)24(27(37)33-12-2-1-3-13-33)32-25(35)20-6-9-22-23(16-20)39-17-38-22/h4-9,16,18,24H,1-3,10-15,17H2,(H,32,35)/t24-/m0/s1. The molecule has 3 amide bonds. The van der Waals surface area contributed by atoms with Gasteiger partial charge in [-0.05, 0) is 80.5 Å². The first-order valence-corrected chi connectivity index (χ1v) is 13.2. The van der Waals surface area contributed by atoms with Gasteiger partial charge in [0.15, 0.2) is 11.5 Å². The Labute approximate surface area is 224 Å². The van der Waals surface area contributed by atoms with Crippen LogP contribution in [0.3, 0.4) is 0 Å². The Bertz CT molecular complexity index is 1220. The minimum atomic E-state index is -4.47. The number of hydrogen-bond donors (Lipinski definition) is 1. The van der Waals surface area contributed by atoms with E-state index in [1.54, 1.807) is 28.0 Å². The van der Waals surface area contributed by atoms with Gasteiger partial charge in [0.2, 0.25) is 12.7 Å². The molecule has 1 N–H and O–H groups in total. The summed E-state index contributed by atoms with van der Waals surface area (Å²) in [5.74, 6) is -0.0584. The highest BCUT2D eigenvalue weighted by molar-refractivity contribution is 5.98. The van der Waals surface area contributed by atoms with Crippen molar-refractivity contribution in [2.24, 2.45) is 5.92 Å². The summed E-state index contributed by atoms with van der Waals surface area (Å²) in [6.45, 7) is 2.02. The van der Waals surface area contributed by atoms with E-state index >= 15 is 0 Å². The second kappa shape index (κ2) is 11.2. The number of carbonyl (C=O) groups is 3. The van der Waals surface area contributed by atoms with Crippen molar-refractivity contribution >= 4 is 17.7 Å². The van der Waals surface area contributed by atoms with Crippen LogP contribution in [0.4, 0.5) is 13.2 Å². The van der Waals surface area contributed by atoms with Crippen molar-refractivity contribution in [2.75, 3.05) is 33.0 Å². The van der Waals surface area contributed by atoms with E-state index in [-0.39, 0.29) is 30.1 Å². The van der Waals surface area contributed by atoms with E-state index in [2.05, 4.69) is 5.32 Å². The van der Waals surface area contributed by atoms with Gasteiger partial charge in [-0.3, -0.25) is 14.4 Å². The molecule has 0 aliphatic carbocycles. The van der Waals surface area contributed by atoms with Gasteiger partial charge in [0.1, 0.15) is 6.04 Å². The van der Waals surface area contributed by atoms with Gasteiger partial charge in [-0.1, -0.05) is 0 Å². The second-order valence-electron chi connectivity index (χ2n) is 10.1. The van der Waals surface area contributed by atoms with E-state index in [0.717, 1.165) is 31.4 Å². The van der Waals surface area contributed by atoms with Gasteiger partial charge in [-0.25, -0.2) is 0 Å². The lowest BCUT2D eigenvalue weighted by Gasteiger charge is -2.38. The van der Waals surface area contributed by atoms with Crippen molar-refractivity contribution in [2.45, 2.75) is 44.3 Å². The summed E-state index contributed by atoms with van der Waals surface area (Å²) in [4.78, 5) is 43.1. The van der Waals surface area contributed by atoms with Crippen LogP contribution in [0.25, 0.3) is 0 Å². The number of benzene rings is 2. The number of likely N-dealkylation sites (tertiary alicyclic amines) is 2. The molecule has 0 saturated carbocycles. The average Bonchev–Trinajstić information content (AvgIpc) is 3.43. The van der Waals surface area contributed by atoms with E-state index in [9.17, 15) is 27.6 Å². The zero-order valence-corrected chi connectivity index (χ0v) is 21.3. The Morgan fingerprint density at radius 1 is 0.821 bits per heavy atom. The highest BCUT2D eigenvalue weighted by Crippen LogP contribution is 2.33. The summed E-state index contributed by atoms with van der Waals surface area (Å²) in [7, 11) is 0. The summed E-state index contributed by atoms with van der Waals surface area (Å²) >= 11 is 0. The third kappa shape index (κ3) is 5.97. The van der Waals surface area contributed by atoms with Gasteiger partial charge < -0.3 is 24.6 Å². The Balaban J connectivity index is 1.27. The molecule has 0 unspecified atom stereocenters. The molecule has 3 aliphatic rings. The maximum Gasteiger partial charge on any atom is 0.416 e. The molecule has 3 heterocycles. The molecule has 5 rings (SSSR count). The number of nitrogens with zero attached hydrogens (tertiary/aromatic N) is 2. The van der Waals surface area contributed by atoms with Gasteiger partial charge in [0.25, 0.3) is 11.8 Å². The van der Waals surface area contributed by atoms with Gasteiger partial charge in [0.05, 0.1) is 5.56 Å². The molecule has 0 aromatic heterocycles. The van der Waals surface area contributed by atoms with Crippen molar-refractivity contribution in [3.63, 3.8) is 0 Å². The molecule has 0 spiro atoms. The Hall–Kier alpha value is -3.76. The first kappa shape index (κ1) is 26.8. The molecule has 2 aromatic carbocycles. The number of hydrogen-bond acceptors (Lipinski definition) is 5. The molecule has 0 bridgehead atoms. The van der Waals surface area contributed by atoms with Crippen molar-refractivity contribution in [1.29, 1.82) is 0 Å². The Morgan fingerprint density at radius 2 is 1.46 bits per heavy atom. The molecule has 2 fully saturated rings. The topological polar surface area (TPSA) is 88.2 Å². The van der Waals surface area contributed by atoms with Crippen molar-refractivity contribution in [1.82, 2.24) is 15.1 Å². The van der Waals surface area contributed by atoms with E-state index in [1.165, 1.54) is 12.1 Å². The number of ether oxygens (including phenoxy) is 2. The third-order valence-corrected chi connectivity index (χ3v) is 7.61. The van der Waals surface area contributed by atoms with E-state index in [0.29, 0.717) is 56.1 Å². The second-order valence-corrected chi connectivity index (χ2v) is 10.1. The first-order chi connectivity index (χ1) is 18.7. The SMILES string of the molecule is O=C(N[C@H](C(=O)N1CCCCC1)C1CCN(C(=O)c2ccc(C(F)(F)F)cc2)CC1)c1ccc2c(c1)OCO2. The number of carbonyl (C=O) groups excluding carboxylic acids is 3. The quantitative estimate of drug-likeness (QED) is 0.612. The number of alkyl halides is 3. The van der Waals surface area contributed by atoms with E-state index in [4.69, 9.17) is 9.47 Å². The lowest BCUT2D eigenvalue weighted by Crippen LogP contribution is -2.55. The predicted molar refractivity (Wildman–Crippen MR) is 134 cm³/mol. The highest BCUT2D eigenvalue weighted by atomic mass is 19.4. The number of piperidine rings is 2. The number of amides is 3. The number of halogens is 3. The minimum absolute atomic E-state index is 0.0836. The summed E-state index contributed by atoms with van der Waals surface area (Å²) in [6, 6.07) is 8.28. The smallest absolute Gasteiger partial charge is 0.416 e. The summed E-state index contributed by atoms with van der Waals surface area (Å²) in [5.41, 5.74) is -0.279. The van der Waals surface area contributed by atoms with Crippen LogP contribution < -0.4 is 14.8 Å². The first-order valence-electron chi connectivity index (χ1n) is 13.2. The van der Waals surface area contributed by atoms with Gasteiger partial charge in [-0.15, -0.1) is 0 Å². The van der Waals surface area contributed by atoms with Crippen LogP contribution in [0.1, 0.15) is 58.4 Å². The number of rotatable bonds is 5. The van der Waals surface area contributed by atoms with Crippen LogP contribution >= 0.6 is 0 Å². The van der Waals surface area contributed by atoms with Crippen molar-refractivity contribution in [3.8, 4) is 11.5 Å². The third-order valence-electron chi connectivity index (χ3n) is 7.61. The van der Waals surface area contributed by atoms with Gasteiger partial charge in [-0.2, -0.15) is 13.2 Å². The maximum atomic E-state index is 13.6. The monoisotopic (exact) mass is 545 g/mol. The average molecular weight is 546 g/mol. The summed E-state index contributed by atoms with van der Waals surface area (Å²) in [5, 5.41) is 2.95. The molecule has 11 heteroatoms. The van der Waals surface area contributed by atoms with Crippen LogP contribution in [0.15, 0.2) is 42.5 Å². The van der Waals surface area contributed by atoms with Crippen LogP contribution in [0.5, 0.6) is 11.5 Å². The summed E-state index contributed by atoms with van der Waals surface area (Å²) < 4.78 is 49.3. The fourth-order valence-corrected chi connectivity index (χ4v) is 5.37. The highest BCUT2D eigenvalue weighted by Gasteiger charge is 2.37. The lowest BCUT2D eigenvalue weighted by atomic mass is 9.87. The van der Waals surface area contributed by atoms with Crippen molar-refractivity contribution < 1.29 is 37.0 Å². The van der Waals surface area contributed by atoms with Gasteiger partial charge in [0, 0.05) is 37.3 Å². The fourth-order valence-electron chi connectivity index (χ4n) is 5.37. The zero-order chi connectivity index (χ0) is 27.6. The van der Waals surface area contributed by atoms with Crippen LogP contribution in [0.2, 0.25) is 0 Å². The predicted octanol–water partition coefficient (Wildman–Crippen LogP) is 4.10. The zero-order valence-electron chi connectivity index (χ0n) is 21.3. The van der Waals surface area contributed by atoms with Crippen molar-refractivity contribution in [3.05, 3.63) is 59.2 Å². The van der Waals surface area contributed by atoms with E-state index in [1.807, 2.05) is 0 Å². The van der Waals surface area contributed by atoms with Crippen LogP contribution in [-0.4, -0.2) is 66.5 Å². The largest absolute Gasteiger partial charge is 0.454 e. The number of fused-ring (bicyclic) bond motifs is 1. The molecule has 2 aromatic rings. The molecular formula is C28H30F3N3O5. The maximum absolute atomic E-state index is 13.6. The summed E-state index contributed by atoms with van der Waals surface area (Å²) in [6.07, 6.45) is -0.650. The lowest BCUT2D eigenvalue weighted by molar-refractivity contribution is -0.137. The fraction of sp³-hybridized carbons (Fsp3) is 0.464. The molecular weight excluding hydrogens is 515 g/mol. The molecule has 208 valence electrons.